The summed E-state index contributed by atoms with van der Waals surface area (Å²) in [6.45, 7) is 2.04. The zero-order valence-corrected chi connectivity index (χ0v) is 9.72. The number of nitrogens with zero attached hydrogens (tertiary/aromatic N) is 3. The summed E-state index contributed by atoms with van der Waals surface area (Å²) >= 11 is 0. The molecule has 2 heterocycles. The predicted octanol–water partition coefficient (Wildman–Crippen LogP) is 0.790. The van der Waals surface area contributed by atoms with Crippen LogP contribution in [0.2, 0.25) is 0 Å². The molecule has 0 saturated carbocycles. The summed E-state index contributed by atoms with van der Waals surface area (Å²) in [5, 5.41) is 4.16. The third-order valence-corrected chi connectivity index (χ3v) is 2.54. The van der Waals surface area contributed by atoms with Gasteiger partial charge in [-0.05, 0) is 18.4 Å². The minimum atomic E-state index is 0.125. The van der Waals surface area contributed by atoms with Crippen molar-refractivity contribution in [2.45, 2.75) is 25.8 Å². The smallest absolute Gasteiger partial charge is 0.178 e. The molecule has 0 aliphatic heterocycles. The Morgan fingerprint density at radius 2 is 2.35 bits per heavy atom. The molecule has 0 spiro atoms. The lowest BCUT2D eigenvalue weighted by Gasteiger charge is -2.00. The fourth-order valence-corrected chi connectivity index (χ4v) is 1.42. The summed E-state index contributed by atoms with van der Waals surface area (Å²) in [5.74, 6) is 6.05. The van der Waals surface area contributed by atoms with Crippen LogP contribution in [0.25, 0.3) is 5.65 Å². The van der Waals surface area contributed by atoms with E-state index in [1.165, 1.54) is 0 Å². The summed E-state index contributed by atoms with van der Waals surface area (Å²) in [6.07, 6.45) is 4.90. The Kier molecular flexibility index (Phi) is 3.26. The zero-order valence-electron chi connectivity index (χ0n) is 9.72. The Hall–Kier alpha value is -2.06. The summed E-state index contributed by atoms with van der Waals surface area (Å²) in [7, 11) is 0. The third kappa shape index (κ3) is 2.37. The van der Waals surface area contributed by atoms with Crippen LogP contribution in [0.5, 0.6) is 0 Å². The lowest BCUT2D eigenvalue weighted by molar-refractivity contribution is 0.669. The van der Waals surface area contributed by atoms with E-state index >= 15 is 0 Å². The molecule has 0 aliphatic rings. The van der Waals surface area contributed by atoms with Crippen molar-refractivity contribution < 1.29 is 0 Å². The molecule has 0 amide bonds. The number of nitrogens with two attached hydrogens (primary N) is 2. The molecule has 0 radical (unpaired) electrons. The zero-order chi connectivity index (χ0) is 12.3. The van der Waals surface area contributed by atoms with Crippen molar-refractivity contribution in [3.8, 4) is 11.8 Å². The lowest BCUT2D eigenvalue weighted by Crippen LogP contribution is -2.17. The van der Waals surface area contributed by atoms with Gasteiger partial charge in [0, 0.05) is 12.5 Å². The van der Waals surface area contributed by atoms with E-state index in [2.05, 4.69) is 21.9 Å². The second kappa shape index (κ2) is 4.85. The number of rotatable bonds is 2. The molecule has 88 valence electrons. The lowest BCUT2D eigenvalue weighted by atomic mass is 10.2. The molecule has 2 aromatic heterocycles. The normalized spacial score (nSPS) is 12.1. The van der Waals surface area contributed by atoms with Crippen molar-refractivity contribution in [2.75, 3.05) is 5.73 Å². The van der Waals surface area contributed by atoms with Gasteiger partial charge in [0.1, 0.15) is 5.69 Å². The molecule has 5 nitrogen and oxygen atoms in total. The van der Waals surface area contributed by atoms with Gasteiger partial charge in [-0.3, -0.25) is 0 Å². The van der Waals surface area contributed by atoms with Crippen molar-refractivity contribution in [2.24, 2.45) is 5.73 Å². The number of imidazole rings is 1. The van der Waals surface area contributed by atoms with Crippen molar-refractivity contribution in [3.63, 3.8) is 0 Å². The molecular weight excluding hydrogens is 214 g/mol. The van der Waals surface area contributed by atoms with Gasteiger partial charge in [-0.2, -0.15) is 5.10 Å². The van der Waals surface area contributed by atoms with E-state index in [1.807, 2.05) is 6.92 Å². The number of hydrogen-bond acceptors (Lipinski definition) is 4. The van der Waals surface area contributed by atoms with Crippen molar-refractivity contribution in [1.82, 2.24) is 14.6 Å². The van der Waals surface area contributed by atoms with Gasteiger partial charge in [0.15, 0.2) is 5.65 Å². The number of hydrogen-bond donors (Lipinski definition) is 2. The van der Waals surface area contributed by atoms with Gasteiger partial charge >= 0.3 is 0 Å². The average Bonchev–Trinajstić information content (AvgIpc) is 2.74. The third-order valence-electron chi connectivity index (χ3n) is 2.54. The van der Waals surface area contributed by atoms with E-state index in [9.17, 15) is 0 Å². The van der Waals surface area contributed by atoms with E-state index < -0.39 is 0 Å². The monoisotopic (exact) mass is 229 g/mol. The molecule has 2 aromatic rings. The van der Waals surface area contributed by atoms with Crippen LogP contribution < -0.4 is 11.5 Å². The molecule has 0 fully saturated rings. The molecule has 0 aromatic carbocycles. The summed E-state index contributed by atoms with van der Waals surface area (Å²) in [6, 6.07) is 1.84. The van der Waals surface area contributed by atoms with Gasteiger partial charge in [0.2, 0.25) is 0 Å². The van der Waals surface area contributed by atoms with Crippen molar-refractivity contribution in [3.05, 3.63) is 24.2 Å². The minimum absolute atomic E-state index is 0.125. The van der Waals surface area contributed by atoms with Crippen molar-refractivity contribution >= 4 is 11.3 Å². The minimum Gasteiger partial charge on any atom is -0.396 e. The molecule has 0 bridgehead atoms. The topological polar surface area (TPSA) is 82.2 Å². The maximum atomic E-state index is 5.79. The first-order valence-corrected chi connectivity index (χ1v) is 5.55. The summed E-state index contributed by atoms with van der Waals surface area (Å²) in [4.78, 5) is 4.18. The molecular formula is C12H15N5. The van der Waals surface area contributed by atoms with Crippen LogP contribution in [0.3, 0.4) is 0 Å². The molecule has 0 aliphatic carbocycles. The van der Waals surface area contributed by atoms with Crippen LogP contribution in [0.4, 0.5) is 5.69 Å². The van der Waals surface area contributed by atoms with Crippen molar-refractivity contribution in [1.29, 1.82) is 0 Å². The number of fused-ring (bicyclic) bond motifs is 1. The van der Waals surface area contributed by atoms with E-state index in [1.54, 1.807) is 23.0 Å². The highest BCUT2D eigenvalue weighted by atomic mass is 15.3. The van der Waals surface area contributed by atoms with Gasteiger partial charge in [-0.1, -0.05) is 12.8 Å². The van der Waals surface area contributed by atoms with Gasteiger partial charge in [0.05, 0.1) is 18.1 Å². The van der Waals surface area contributed by atoms with Gasteiger partial charge in [-0.25, -0.2) is 9.50 Å². The molecule has 17 heavy (non-hydrogen) atoms. The highest BCUT2D eigenvalue weighted by Gasteiger charge is 2.03. The van der Waals surface area contributed by atoms with Gasteiger partial charge in [-0.15, -0.1) is 0 Å². The second-order valence-electron chi connectivity index (χ2n) is 3.84. The van der Waals surface area contributed by atoms with Gasteiger partial charge in [0.25, 0.3) is 0 Å². The Balaban J connectivity index is 2.28. The molecule has 0 saturated heterocycles. The summed E-state index contributed by atoms with van der Waals surface area (Å²) in [5.41, 5.74) is 13.5. The first-order chi connectivity index (χ1) is 8.22. The molecule has 2 rings (SSSR count). The number of nitrogen functional groups attached to an aromatic ring is 1. The quantitative estimate of drug-likeness (QED) is 0.746. The fraction of sp³-hybridized carbons (Fsp3) is 0.333. The van der Waals surface area contributed by atoms with Gasteiger partial charge < -0.3 is 11.5 Å². The van der Waals surface area contributed by atoms with Crippen LogP contribution in [0.1, 0.15) is 25.5 Å². The Labute approximate surface area is 99.8 Å². The Morgan fingerprint density at radius 1 is 1.53 bits per heavy atom. The molecule has 0 unspecified atom stereocenters. The van der Waals surface area contributed by atoms with Crippen LogP contribution in [0.15, 0.2) is 18.5 Å². The van der Waals surface area contributed by atoms with E-state index in [0.29, 0.717) is 17.8 Å². The molecule has 1 atom stereocenters. The number of anilines is 1. The predicted molar refractivity (Wildman–Crippen MR) is 67.2 cm³/mol. The first kappa shape index (κ1) is 11.4. The van der Waals surface area contributed by atoms with Crippen LogP contribution in [0, 0.1) is 11.8 Å². The Bertz CT molecular complexity index is 575. The summed E-state index contributed by atoms with van der Waals surface area (Å²) < 4.78 is 1.64. The number of aromatic nitrogens is 3. The first-order valence-electron chi connectivity index (χ1n) is 5.55. The highest BCUT2D eigenvalue weighted by molar-refractivity contribution is 5.64. The van der Waals surface area contributed by atoms with Crippen LogP contribution in [-0.4, -0.2) is 20.6 Å². The highest BCUT2D eigenvalue weighted by Crippen LogP contribution is 2.10. The largest absolute Gasteiger partial charge is 0.396 e. The Morgan fingerprint density at radius 3 is 3.12 bits per heavy atom. The standard InChI is InChI=1S/C12H15N5/c1-2-9(13)4-3-5-10-8-15-12-11(14)6-7-16-17(10)12/h6-9H,2,4,13-14H2,1H3/t9-/m0/s1. The fourth-order valence-electron chi connectivity index (χ4n) is 1.42. The molecule has 5 heteroatoms. The average molecular weight is 229 g/mol. The van der Waals surface area contributed by atoms with Crippen LogP contribution >= 0.6 is 0 Å². The van der Waals surface area contributed by atoms with E-state index in [-0.39, 0.29) is 6.04 Å². The SMILES string of the molecule is CC[C@H](N)CC#Cc1cnc2c(N)ccnn12. The molecule has 4 N–H and O–H groups in total. The van der Waals surface area contributed by atoms with E-state index in [0.717, 1.165) is 12.1 Å². The maximum absolute atomic E-state index is 5.79. The van der Waals surface area contributed by atoms with E-state index in [4.69, 9.17) is 11.5 Å². The maximum Gasteiger partial charge on any atom is 0.178 e. The second-order valence-corrected chi connectivity index (χ2v) is 3.84. The van der Waals surface area contributed by atoms with Crippen LogP contribution in [-0.2, 0) is 0 Å².